The lowest BCUT2D eigenvalue weighted by Crippen LogP contribution is -2.54. The number of hydrogen-bond donors (Lipinski definition) is 1. The molecule has 0 aromatic heterocycles. The molecule has 1 aliphatic rings. The number of rotatable bonds is 3. The molecule has 1 heterocycles. The third-order valence-electron chi connectivity index (χ3n) is 2.57. The van der Waals surface area contributed by atoms with Gasteiger partial charge in [0.15, 0.2) is 6.61 Å². The Morgan fingerprint density at radius 1 is 1.56 bits per heavy atom. The van der Waals surface area contributed by atoms with E-state index in [4.69, 9.17) is 9.84 Å². The van der Waals surface area contributed by atoms with Gasteiger partial charge in [-0.15, -0.1) is 0 Å². The van der Waals surface area contributed by atoms with Crippen LogP contribution >= 0.6 is 0 Å². The molecule has 1 N–H and O–H groups in total. The molecule has 1 aromatic rings. The molecule has 4 heteroatoms. The lowest BCUT2D eigenvalue weighted by molar-refractivity contribution is -0.143. The summed E-state index contributed by atoms with van der Waals surface area (Å²) in [6.07, 6.45) is -0.358. The first kappa shape index (κ1) is 11.0. The van der Waals surface area contributed by atoms with Crippen LogP contribution in [-0.2, 0) is 4.79 Å². The van der Waals surface area contributed by atoms with E-state index in [1.165, 1.54) is 0 Å². The zero-order valence-electron chi connectivity index (χ0n) is 9.22. The third-order valence-corrected chi connectivity index (χ3v) is 2.57. The Kier molecular flexibility index (Phi) is 3.10. The summed E-state index contributed by atoms with van der Waals surface area (Å²) in [6, 6.07) is 7.58. The predicted octanol–water partition coefficient (Wildman–Crippen LogP) is 0.577. The van der Waals surface area contributed by atoms with Crippen LogP contribution in [0.1, 0.15) is 5.56 Å². The molecular weight excluding hydrogens is 206 g/mol. The van der Waals surface area contributed by atoms with Gasteiger partial charge in [0.1, 0.15) is 5.75 Å². The fourth-order valence-corrected chi connectivity index (χ4v) is 1.60. The molecule has 1 aliphatic heterocycles. The highest BCUT2D eigenvalue weighted by atomic mass is 16.5. The van der Waals surface area contributed by atoms with Crippen molar-refractivity contribution in [2.75, 3.05) is 19.7 Å². The average molecular weight is 221 g/mol. The second-order valence-electron chi connectivity index (χ2n) is 4.06. The van der Waals surface area contributed by atoms with Crippen LogP contribution in [-0.4, -0.2) is 41.7 Å². The number of carbonyl (C=O) groups excluding carboxylic acids is 1. The van der Waals surface area contributed by atoms with Gasteiger partial charge in [-0.3, -0.25) is 4.79 Å². The smallest absolute Gasteiger partial charge is 0.260 e. The molecule has 2 rings (SSSR count). The van der Waals surface area contributed by atoms with Gasteiger partial charge in [-0.2, -0.15) is 0 Å². The number of hydrogen-bond acceptors (Lipinski definition) is 3. The van der Waals surface area contributed by atoms with Gasteiger partial charge in [-0.05, 0) is 24.6 Å². The number of carbonyl (C=O) groups is 1. The molecule has 1 saturated heterocycles. The monoisotopic (exact) mass is 221 g/mol. The Labute approximate surface area is 94.4 Å². The number of aliphatic hydroxyl groups excluding tert-OH is 1. The second-order valence-corrected chi connectivity index (χ2v) is 4.06. The number of aryl methyl sites for hydroxylation is 1. The van der Waals surface area contributed by atoms with Crippen molar-refractivity contribution < 1.29 is 14.6 Å². The van der Waals surface area contributed by atoms with Crippen LogP contribution < -0.4 is 4.74 Å². The summed E-state index contributed by atoms with van der Waals surface area (Å²) in [5, 5.41) is 9.05. The predicted molar refractivity (Wildman–Crippen MR) is 59.3 cm³/mol. The molecule has 0 bridgehead atoms. The third kappa shape index (κ3) is 2.52. The van der Waals surface area contributed by atoms with E-state index in [2.05, 4.69) is 0 Å². The average Bonchev–Trinajstić information content (AvgIpc) is 2.22. The molecule has 4 nitrogen and oxygen atoms in total. The van der Waals surface area contributed by atoms with E-state index < -0.39 is 0 Å². The van der Waals surface area contributed by atoms with Gasteiger partial charge in [0, 0.05) is 13.1 Å². The van der Waals surface area contributed by atoms with Crippen molar-refractivity contribution in [1.82, 2.24) is 4.90 Å². The van der Waals surface area contributed by atoms with Crippen LogP contribution in [0.4, 0.5) is 0 Å². The Bertz CT molecular complexity index is 386. The van der Waals surface area contributed by atoms with Gasteiger partial charge in [0.25, 0.3) is 5.91 Å². The number of ether oxygens (including phenoxy) is 1. The Morgan fingerprint density at radius 3 is 2.94 bits per heavy atom. The van der Waals surface area contributed by atoms with Gasteiger partial charge in [0.2, 0.25) is 0 Å². The second kappa shape index (κ2) is 4.53. The minimum Gasteiger partial charge on any atom is -0.484 e. The highest BCUT2D eigenvalue weighted by Crippen LogP contribution is 2.13. The maximum absolute atomic E-state index is 11.5. The molecule has 0 unspecified atom stereocenters. The Morgan fingerprint density at radius 2 is 2.31 bits per heavy atom. The molecule has 1 amide bonds. The lowest BCUT2D eigenvalue weighted by Gasteiger charge is -2.35. The first-order valence-electron chi connectivity index (χ1n) is 5.30. The molecule has 0 saturated carbocycles. The summed E-state index contributed by atoms with van der Waals surface area (Å²) in [6.45, 7) is 2.86. The van der Waals surface area contributed by atoms with E-state index in [9.17, 15) is 4.79 Å². The van der Waals surface area contributed by atoms with Crippen molar-refractivity contribution >= 4 is 5.91 Å². The number of amides is 1. The molecular formula is C12H15NO3. The van der Waals surface area contributed by atoms with Crippen molar-refractivity contribution in [2.24, 2.45) is 0 Å². The summed E-state index contributed by atoms with van der Waals surface area (Å²) in [5.41, 5.74) is 1.10. The molecule has 16 heavy (non-hydrogen) atoms. The van der Waals surface area contributed by atoms with Gasteiger partial charge in [0.05, 0.1) is 6.10 Å². The maximum atomic E-state index is 11.5. The van der Waals surface area contributed by atoms with Crippen molar-refractivity contribution in [3.05, 3.63) is 29.8 Å². The Hall–Kier alpha value is -1.55. The summed E-state index contributed by atoms with van der Waals surface area (Å²) >= 11 is 0. The first-order valence-corrected chi connectivity index (χ1v) is 5.30. The number of β-amino-alcohol motifs (C(OH)–C–C–N with tert-alkyl or cyclic N) is 1. The minimum atomic E-state index is -0.358. The van der Waals surface area contributed by atoms with Crippen LogP contribution in [0.15, 0.2) is 24.3 Å². The normalized spacial score (nSPS) is 15.8. The van der Waals surface area contributed by atoms with Gasteiger partial charge >= 0.3 is 0 Å². The largest absolute Gasteiger partial charge is 0.484 e. The molecule has 86 valence electrons. The van der Waals surface area contributed by atoms with E-state index in [1.54, 1.807) is 4.90 Å². The minimum absolute atomic E-state index is 0.0379. The molecule has 1 aromatic carbocycles. The topological polar surface area (TPSA) is 49.8 Å². The van der Waals surface area contributed by atoms with Crippen molar-refractivity contribution in [1.29, 1.82) is 0 Å². The number of aliphatic hydroxyl groups is 1. The van der Waals surface area contributed by atoms with Gasteiger partial charge in [-0.25, -0.2) is 0 Å². The SMILES string of the molecule is Cc1cccc(OCC(=O)N2CC(O)C2)c1. The highest BCUT2D eigenvalue weighted by molar-refractivity contribution is 5.78. The number of nitrogens with zero attached hydrogens (tertiary/aromatic N) is 1. The van der Waals surface area contributed by atoms with E-state index in [0.717, 1.165) is 5.56 Å². The molecule has 0 aliphatic carbocycles. The van der Waals surface area contributed by atoms with Crippen LogP contribution in [0.25, 0.3) is 0 Å². The van der Waals surface area contributed by atoms with Crippen LogP contribution in [0.2, 0.25) is 0 Å². The molecule has 0 spiro atoms. The number of likely N-dealkylation sites (tertiary alicyclic amines) is 1. The summed E-state index contributed by atoms with van der Waals surface area (Å²) in [7, 11) is 0. The van der Waals surface area contributed by atoms with E-state index in [-0.39, 0.29) is 18.6 Å². The summed E-state index contributed by atoms with van der Waals surface area (Å²) < 4.78 is 5.37. The first-order chi connectivity index (χ1) is 7.65. The standard InChI is InChI=1S/C12H15NO3/c1-9-3-2-4-11(5-9)16-8-12(15)13-6-10(14)7-13/h2-5,10,14H,6-8H2,1H3. The van der Waals surface area contributed by atoms with Crippen molar-refractivity contribution in [2.45, 2.75) is 13.0 Å². The molecule has 0 radical (unpaired) electrons. The summed E-state index contributed by atoms with van der Waals surface area (Å²) in [4.78, 5) is 13.1. The Balaban J connectivity index is 1.81. The zero-order valence-corrected chi connectivity index (χ0v) is 9.22. The van der Waals surface area contributed by atoms with E-state index in [0.29, 0.717) is 18.8 Å². The lowest BCUT2D eigenvalue weighted by atomic mass is 10.2. The van der Waals surface area contributed by atoms with Crippen molar-refractivity contribution in [3.8, 4) is 5.75 Å². The molecule has 0 atom stereocenters. The highest BCUT2D eigenvalue weighted by Gasteiger charge is 2.28. The van der Waals surface area contributed by atoms with Crippen molar-refractivity contribution in [3.63, 3.8) is 0 Å². The van der Waals surface area contributed by atoms with E-state index >= 15 is 0 Å². The quantitative estimate of drug-likeness (QED) is 0.812. The fourth-order valence-electron chi connectivity index (χ4n) is 1.60. The summed E-state index contributed by atoms with van der Waals surface area (Å²) in [5.74, 6) is 0.626. The van der Waals surface area contributed by atoms with E-state index in [1.807, 2.05) is 31.2 Å². The number of benzene rings is 1. The molecule has 1 fully saturated rings. The van der Waals surface area contributed by atoms with Crippen LogP contribution in [0.3, 0.4) is 0 Å². The fraction of sp³-hybridized carbons (Fsp3) is 0.417. The van der Waals surface area contributed by atoms with Crippen LogP contribution in [0, 0.1) is 6.92 Å². The maximum Gasteiger partial charge on any atom is 0.260 e. The zero-order chi connectivity index (χ0) is 11.5. The van der Waals surface area contributed by atoms with Crippen LogP contribution in [0.5, 0.6) is 5.75 Å². The van der Waals surface area contributed by atoms with Gasteiger partial charge in [-0.1, -0.05) is 12.1 Å². The van der Waals surface area contributed by atoms with Gasteiger partial charge < -0.3 is 14.7 Å².